The van der Waals surface area contributed by atoms with Gasteiger partial charge in [0.25, 0.3) is 0 Å². The second-order valence-electron chi connectivity index (χ2n) is 21.7. The second kappa shape index (κ2) is 24.2. The molecule has 2 fully saturated rings. The number of hydrogen-bond donors (Lipinski definition) is 5. The van der Waals surface area contributed by atoms with Gasteiger partial charge in [-0.1, -0.05) is 71.9 Å². The highest BCUT2D eigenvalue weighted by Gasteiger charge is 2.45. The molecule has 5 aromatic rings. The smallest absolute Gasteiger partial charge is 0.246 e. The first-order chi connectivity index (χ1) is 36.4. The number of aliphatic hydroxyl groups excluding tert-OH is 1. The molecule has 0 radical (unpaired) electrons. The van der Waals surface area contributed by atoms with Gasteiger partial charge in [-0.15, -0.1) is 11.3 Å². The van der Waals surface area contributed by atoms with Gasteiger partial charge in [0, 0.05) is 84.7 Å². The van der Waals surface area contributed by atoms with E-state index in [-0.39, 0.29) is 88.3 Å². The number of carbonyl (C=O) groups is 5. The maximum absolute atomic E-state index is 14.1. The normalized spacial score (nSPS) is 17.8. The fourth-order valence-corrected chi connectivity index (χ4v) is 11.4. The number of β-amino-alcohol motifs (C(OH)–C–C–N with tert-alkyl or cyclic N) is 1. The van der Waals surface area contributed by atoms with E-state index in [0.29, 0.717) is 24.3 Å². The summed E-state index contributed by atoms with van der Waals surface area (Å²) >= 11 is 1.57. The number of aliphatic hydroxyl groups is 1. The fourth-order valence-electron chi connectivity index (χ4n) is 10.6. The number of thiazole rings is 1. The third-order valence-electron chi connectivity index (χ3n) is 14.9. The summed E-state index contributed by atoms with van der Waals surface area (Å²) < 4.78 is 16.9. The largest absolute Gasteiger partial charge is 0.391 e. The molecule has 3 atom stereocenters. The molecule has 2 aliphatic heterocycles. The van der Waals surface area contributed by atoms with Crippen LogP contribution >= 0.6 is 11.3 Å². The molecule has 404 valence electrons. The SMILES string of the molecule is CCc1cc2c(cc1N1CCC(NC(=O)CCOCCOCCOCCC(=O)N[C@H](C(=O)N3C[C@H](O)C[C@H]3C(=O)NCc3ccc(-c4scnc4C)cc3)C(C)(C)C)CC1)C(C)(C)c1[nH]c3cc(C#N)ccc3c1C2=O. The van der Waals surface area contributed by atoms with E-state index in [9.17, 15) is 34.3 Å². The predicted octanol–water partition coefficient (Wildman–Crippen LogP) is 6.63. The van der Waals surface area contributed by atoms with E-state index in [1.807, 2.05) is 63.5 Å². The number of rotatable bonds is 21. The number of nitrogens with one attached hydrogen (secondary N) is 4. The van der Waals surface area contributed by atoms with Gasteiger partial charge in [0.1, 0.15) is 12.1 Å². The number of ketones is 1. The molecule has 0 bridgehead atoms. The van der Waals surface area contributed by atoms with Crippen molar-refractivity contribution in [2.75, 3.05) is 64.2 Å². The number of H-pyrrole nitrogens is 1. The zero-order chi connectivity index (χ0) is 54.3. The molecule has 0 saturated carbocycles. The van der Waals surface area contributed by atoms with Crippen molar-refractivity contribution in [1.29, 1.82) is 5.26 Å². The van der Waals surface area contributed by atoms with Gasteiger partial charge in [0.05, 0.1) is 79.0 Å². The van der Waals surface area contributed by atoms with Crippen LogP contribution in [0.1, 0.15) is 123 Å². The number of aryl methyl sites for hydroxylation is 2. The predicted molar refractivity (Wildman–Crippen MR) is 291 cm³/mol. The van der Waals surface area contributed by atoms with Crippen LogP contribution in [0.25, 0.3) is 21.3 Å². The van der Waals surface area contributed by atoms with Crippen molar-refractivity contribution in [1.82, 2.24) is 30.8 Å². The number of aromatic nitrogens is 2. The second-order valence-corrected chi connectivity index (χ2v) is 22.5. The van der Waals surface area contributed by atoms with E-state index >= 15 is 0 Å². The molecule has 0 spiro atoms. The van der Waals surface area contributed by atoms with E-state index in [0.717, 1.165) is 93.0 Å². The molecule has 2 saturated heterocycles. The van der Waals surface area contributed by atoms with Gasteiger partial charge in [-0.05, 0) is 78.1 Å². The van der Waals surface area contributed by atoms with Gasteiger partial charge in [0.2, 0.25) is 23.6 Å². The summed E-state index contributed by atoms with van der Waals surface area (Å²) in [6.07, 6.45) is 1.82. The van der Waals surface area contributed by atoms with Crippen LogP contribution in [0, 0.1) is 23.7 Å². The Hall–Kier alpha value is -6.49. The van der Waals surface area contributed by atoms with Gasteiger partial charge in [0.15, 0.2) is 5.78 Å². The van der Waals surface area contributed by atoms with Crippen molar-refractivity contribution in [2.45, 2.75) is 123 Å². The maximum atomic E-state index is 14.1. The van der Waals surface area contributed by atoms with Crippen molar-refractivity contribution in [3.05, 3.63) is 105 Å². The third-order valence-corrected chi connectivity index (χ3v) is 15.9. The highest BCUT2D eigenvalue weighted by atomic mass is 32.1. The molecule has 4 heterocycles. The van der Waals surface area contributed by atoms with Crippen LogP contribution in [0.5, 0.6) is 0 Å². The first-order valence-corrected chi connectivity index (χ1v) is 27.4. The molecule has 76 heavy (non-hydrogen) atoms. The van der Waals surface area contributed by atoms with Crippen LogP contribution in [-0.2, 0) is 51.8 Å². The van der Waals surface area contributed by atoms with Crippen LogP contribution in [0.4, 0.5) is 5.69 Å². The Morgan fingerprint density at radius 3 is 2.25 bits per heavy atom. The minimum absolute atomic E-state index is 0.00274. The molecule has 8 rings (SSSR count). The van der Waals surface area contributed by atoms with Gasteiger partial charge in [-0.2, -0.15) is 5.26 Å². The monoisotopic (exact) mass is 1060 g/mol. The number of nitriles is 1. The molecule has 3 aromatic carbocycles. The molecule has 0 unspecified atom stereocenters. The Bertz CT molecular complexity index is 2960. The van der Waals surface area contributed by atoms with Gasteiger partial charge < -0.3 is 50.1 Å². The van der Waals surface area contributed by atoms with Crippen LogP contribution in [0.3, 0.4) is 0 Å². The van der Waals surface area contributed by atoms with Gasteiger partial charge >= 0.3 is 0 Å². The summed E-state index contributed by atoms with van der Waals surface area (Å²) in [5, 5.41) is 29.9. The van der Waals surface area contributed by atoms with E-state index in [2.05, 4.69) is 69.8 Å². The first-order valence-electron chi connectivity index (χ1n) is 26.5. The number of benzene rings is 3. The summed E-state index contributed by atoms with van der Waals surface area (Å²) in [6, 6.07) is 18.0. The van der Waals surface area contributed by atoms with Crippen molar-refractivity contribution in [3.8, 4) is 16.5 Å². The lowest BCUT2D eigenvalue weighted by Crippen LogP contribution is -2.57. The third kappa shape index (κ3) is 12.7. The quantitative estimate of drug-likeness (QED) is 0.0488. The number of anilines is 1. The number of likely N-dealkylation sites (tertiary alicyclic amines) is 1. The fraction of sp³-hybridized carbons (Fsp3) is 0.500. The number of nitrogens with zero attached hydrogens (tertiary/aromatic N) is 4. The summed E-state index contributed by atoms with van der Waals surface area (Å²) in [5.41, 5.74) is 10.4. The lowest BCUT2D eigenvalue weighted by Gasteiger charge is -2.38. The zero-order valence-corrected chi connectivity index (χ0v) is 45.6. The Kier molecular flexibility index (Phi) is 17.8. The van der Waals surface area contributed by atoms with Crippen LogP contribution in [0.15, 0.2) is 60.1 Å². The number of amides is 4. The average molecular weight is 1060 g/mol. The summed E-state index contributed by atoms with van der Waals surface area (Å²) in [5.74, 6) is -1.24. The summed E-state index contributed by atoms with van der Waals surface area (Å²) in [4.78, 5) is 80.2. The lowest BCUT2D eigenvalue weighted by molar-refractivity contribution is -0.144. The van der Waals surface area contributed by atoms with Crippen molar-refractivity contribution >= 4 is 57.3 Å². The highest BCUT2D eigenvalue weighted by molar-refractivity contribution is 7.13. The molecule has 4 amide bonds. The molecule has 5 N–H and O–H groups in total. The number of hydrogen-bond acceptors (Lipinski definition) is 13. The van der Waals surface area contributed by atoms with Crippen LogP contribution in [0.2, 0.25) is 0 Å². The van der Waals surface area contributed by atoms with E-state index in [1.165, 1.54) is 4.90 Å². The molecule has 17 nitrogen and oxygen atoms in total. The standard InChI is InChI=1S/C58H72N8O9S/c1-8-38-28-43-44(58(6,7)53-50(51(43)70)42-14-11-37(31-59)27-45(42)63-53)30-46(38)65-19-15-40(16-20-65)62-48(68)17-21-73-23-25-75-26-24-74-22-18-49(69)64-54(57(3,4)5)56(72)66-33-41(67)29-47(66)55(71)60-32-36-9-12-39(13-10-36)52-35(2)61-34-76-52/h9-14,27-28,30,34,40-41,47,54,63,67H,8,15-26,29,32-33H2,1-7H3,(H,60,71)(H,62,68)(H,64,69)/t41-,47+,54-/m1/s1. The van der Waals surface area contributed by atoms with Crippen molar-refractivity contribution in [3.63, 3.8) is 0 Å². The number of piperidine rings is 1. The number of aromatic amines is 1. The molecule has 2 aromatic heterocycles. The van der Waals surface area contributed by atoms with Crippen LogP contribution < -0.4 is 20.9 Å². The first kappa shape index (κ1) is 55.7. The minimum Gasteiger partial charge on any atom is -0.391 e. The number of ether oxygens (including phenoxy) is 3. The Morgan fingerprint density at radius 2 is 1.62 bits per heavy atom. The maximum Gasteiger partial charge on any atom is 0.246 e. The highest BCUT2D eigenvalue weighted by Crippen LogP contribution is 2.46. The van der Waals surface area contributed by atoms with Crippen LogP contribution in [-0.4, -0.2) is 133 Å². The van der Waals surface area contributed by atoms with Gasteiger partial charge in [-0.3, -0.25) is 24.0 Å². The van der Waals surface area contributed by atoms with E-state index in [4.69, 9.17) is 14.2 Å². The molecular formula is C58H72N8O9S. The molecule has 3 aliphatic rings. The van der Waals surface area contributed by atoms with E-state index < -0.39 is 34.9 Å². The molecular weight excluding hydrogens is 985 g/mol. The number of fused-ring (bicyclic) bond motifs is 4. The minimum atomic E-state index is -0.944. The Labute approximate surface area is 449 Å². The lowest BCUT2D eigenvalue weighted by atomic mass is 9.70. The van der Waals surface area contributed by atoms with E-state index in [1.54, 1.807) is 23.5 Å². The van der Waals surface area contributed by atoms with Gasteiger partial charge in [-0.25, -0.2) is 4.98 Å². The topological polar surface area (TPSA) is 228 Å². The molecule has 1 aliphatic carbocycles. The van der Waals surface area contributed by atoms with Crippen molar-refractivity contribution < 1.29 is 43.3 Å². The molecule has 18 heteroatoms. The van der Waals surface area contributed by atoms with Crippen molar-refractivity contribution in [2.24, 2.45) is 5.41 Å². The zero-order valence-electron chi connectivity index (χ0n) is 44.8. The summed E-state index contributed by atoms with van der Waals surface area (Å²) in [7, 11) is 0. The number of carbonyl (C=O) groups excluding carboxylic acids is 5. The average Bonchev–Trinajstić information content (AvgIpc) is 4.16. The Balaban J connectivity index is 0.691. The summed E-state index contributed by atoms with van der Waals surface area (Å²) in [6.45, 7) is 17.2. The Morgan fingerprint density at radius 1 is 0.947 bits per heavy atom.